The minimum Gasteiger partial charge on any atom is -0.378 e. The Morgan fingerprint density at radius 1 is 0.792 bits per heavy atom. The average molecular weight is 324 g/mol. The molecule has 2 aliphatic rings. The summed E-state index contributed by atoms with van der Waals surface area (Å²) in [6.07, 6.45) is 3.82. The Morgan fingerprint density at radius 3 is 2.29 bits per heavy atom. The number of ether oxygens (including phenoxy) is 1. The van der Waals surface area contributed by atoms with E-state index in [0.717, 1.165) is 62.4 Å². The third-order valence-electron chi connectivity index (χ3n) is 4.74. The van der Waals surface area contributed by atoms with E-state index in [9.17, 15) is 0 Å². The van der Waals surface area contributed by atoms with Gasteiger partial charge in [-0.2, -0.15) is 4.98 Å². The van der Waals surface area contributed by atoms with Crippen molar-refractivity contribution in [2.75, 3.05) is 49.2 Å². The van der Waals surface area contributed by atoms with Crippen LogP contribution in [0, 0.1) is 0 Å². The summed E-state index contributed by atoms with van der Waals surface area (Å²) in [5.74, 6) is 1.89. The van der Waals surface area contributed by atoms with E-state index in [1.54, 1.807) is 0 Å². The minimum absolute atomic E-state index is 0.748. The molecule has 3 heterocycles. The van der Waals surface area contributed by atoms with E-state index in [-0.39, 0.29) is 0 Å². The summed E-state index contributed by atoms with van der Waals surface area (Å²) in [7, 11) is 0. The van der Waals surface area contributed by atoms with Crippen molar-refractivity contribution in [3.63, 3.8) is 0 Å². The molecule has 0 radical (unpaired) electrons. The predicted octanol–water partition coefficient (Wildman–Crippen LogP) is 2.97. The van der Waals surface area contributed by atoms with Crippen LogP contribution in [-0.4, -0.2) is 49.4 Å². The number of benzene rings is 1. The number of aromatic nitrogens is 2. The van der Waals surface area contributed by atoms with Crippen LogP contribution in [0.25, 0.3) is 11.3 Å². The maximum Gasteiger partial charge on any atom is 0.228 e. The molecule has 0 amide bonds. The van der Waals surface area contributed by atoms with Crippen LogP contribution in [0.4, 0.5) is 11.8 Å². The lowest BCUT2D eigenvalue weighted by Crippen LogP contribution is -2.38. The first-order chi connectivity index (χ1) is 11.9. The van der Waals surface area contributed by atoms with Gasteiger partial charge in [0.2, 0.25) is 5.95 Å². The zero-order chi connectivity index (χ0) is 16.2. The zero-order valence-corrected chi connectivity index (χ0v) is 14.0. The lowest BCUT2D eigenvalue weighted by molar-refractivity contribution is 0.122. The van der Waals surface area contributed by atoms with Gasteiger partial charge in [0.15, 0.2) is 0 Å². The Balaban J connectivity index is 1.72. The van der Waals surface area contributed by atoms with Crippen LogP contribution >= 0.6 is 0 Å². The number of hydrogen-bond donors (Lipinski definition) is 0. The highest BCUT2D eigenvalue weighted by Gasteiger charge is 2.19. The number of rotatable bonds is 3. The molecule has 0 spiro atoms. The molecule has 0 bridgehead atoms. The van der Waals surface area contributed by atoms with Gasteiger partial charge in [-0.15, -0.1) is 0 Å². The lowest BCUT2D eigenvalue weighted by atomic mass is 10.1. The van der Waals surface area contributed by atoms with Crippen LogP contribution in [0.1, 0.15) is 19.3 Å². The van der Waals surface area contributed by atoms with Crippen molar-refractivity contribution in [3.8, 4) is 11.3 Å². The molecule has 1 aromatic heterocycles. The van der Waals surface area contributed by atoms with E-state index in [2.05, 4.69) is 40.1 Å². The zero-order valence-electron chi connectivity index (χ0n) is 14.0. The van der Waals surface area contributed by atoms with Crippen LogP contribution < -0.4 is 9.80 Å². The highest BCUT2D eigenvalue weighted by molar-refractivity contribution is 5.65. The quantitative estimate of drug-likeness (QED) is 0.868. The Hall–Kier alpha value is -2.14. The molecule has 2 saturated heterocycles. The summed E-state index contributed by atoms with van der Waals surface area (Å²) in [5, 5.41) is 0. The molecule has 0 atom stereocenters. The van der Waals surface area contributed by atoms with Crippen LogP contribution in [0.15, 0.2) is 36.4 Å². The van der Waals surface area contributed by atoms with Crippen LogP contribution in [0.5, 0.6) is 0 Å². The summed E-state index contributed by atoms with van der Waals surface area (Å²) in [4.78, 5) is 14.4. The molecular weight excluding hydrogens is 300 g/mol. The van der Waals surface area contributed by atoms with Crippen LogP contribution in [-0.2, 0) is 4.74 Å². The topological polar surface area (TPSA) is 41.5 Å². The van der Waals surface area contributed by atoms with E-state index in [0.29, 0.717) is 0 Å². The van der Waals surface area contributed by atoms with Gasteiger partial charge in [-0.3, -0.25) is 0 Å². The molecule has 24 heavy (non-hydrogen) atoms. The highest BCUT2D eigenvalue weighted by atomic mass is 16.5. The Labute approximate surface area is 143 Å². The van der Waals surface area contributed by atoms with Crippen LogP contribution in [0.2, 0.25) is 0 Å². The van der Waals surface area contributed by atoms with E-state index in [4.69, 9.17) is 14.7 Å². The molecular formula is C19H24N4O. The first-order valence-corrected chi connectivity index (χ1v) is 8.92. The van der Waals surface area contributed by atoms with Crippen molar-refractivity contribution in [2.45, 2.75) is 19.3 Å². The number of nitrogens with zero attached hydrogens (tertiary/aromatic N) is 4. The van der Waals surface area contributed by atoms with Crippen molar-refractivity contribution >= 4 is 11.8 Å². The van der Waals surface area contributed by atoms with Gasteiger partial charge in [0.1, 0.15) is 5.82 Å². The average Bonchev–Trinajstić information content (AvgIpc) is 2.70. The molecule has 126 valence electrons. The molecule has 0 aliphatic carbocycles. The Morgan fingerprint density at radius 2 is 1.54 bits per heavy atom. The van der Waals surface area contributed by atoms with Crippen molar-refractivity contribution in [1.29, 1.82) is 0 Å². The Kier molecular flexibility index (Phi) is 4.60. The molecule has 1 aromatic carbocycles. The minimum atomic E-state index is 0.748. The molecule has 0 N–H and O–H groups in total. The van der Waals surface area contributed by atoms with Gasteiger partial charge in [-0.05, 0) is 19.3 Å². The molecule has 2 aromatic rings. The largest absolute Gasteiger partial charge is 0.378 e. The summed E-state index contributed by atoms with van der Waals surface area (Å²) >= 11 is 0. The summed E-state index contributed by atoms with van der Waals surface area (Å²) in [5.41, 5.74) is 2.15. The second-order valence-corrected chi connectivity index (χ2v) is 6.42. The summed E-state index contributed by atoms with van der Waals surface area (Å²) < 4.78 is 5.48. The van der Waals surface area contributed by atoms with Crippen molar-refractivity contribution < 1.29 is 4.74 Å². The molecule has 5 nitrogen and oxygen atoms in total. The fourth-order valence-corrected chi connectivity index (χ4v) is 3.37. The third kappa shape index (κ3) is 3.36. The molecule has 5 heteroatoms. The molecule has 2 fully saturated rings. The van der Waals surface area contributed by atoms with Gasteiger partial charge in [0.05, 0.1) is 18.9 Å². The monoisotopic (exact) mass is 324 g/mol. The predicted molar refractivity (Wildman–Crippen MR) is 96.6 cm³/mol. The maximum atomic E-state index is 5.48. The second kappa shape index (κ2) is 7.18. The van der Waals surface area contributed by atoms with E-state index in [1.807, 2.05) is 6.07 Å². The second-order valence-electron chi connectivity index (χ2n) is 6.42. The first-order valence-electron chi connectivity index (χ1n) is 8.92. The van der Waals surface area contributed by atoms with Gasteiger partial charge in [-0.25, -0.2) is 4.98 Å². The van der Waals surface area contributed by atoms with Crippen molar-refractivity contribution in [1.82, 2.24) is 9.97 Å². The standard InChI is InChI=1S/C19H24N4O/c1-3-7-16(8-4-1)17-15-18(22-9-5-2-6-10-22)21-19(20-17)23-11-13-24-14-12-23/h1,3-4,7-8,15H,2,5-6,9-14H2. The molecule has 0 saturated carbocycles. The fraction of sp³-hybridized carbons (Fsp3) is 0.474. The van der Waals surface area contributed by atoms with Gasteiger partial charge in [0, 0.05) is 37.8 Å². The number of anilines is 2. The summed E-state index contributed by atoms with van der Waals surface area (Å²) in [6.45, 7) is 5.40. The first kappa shape index (κ1) is 15.4. The highest BCUT2D eigenvalue weighted by Crippen LogP contribution is 2.27. The third-order valence-corrected chi connectivity index (χ3v) is 4.74. The molecule has 0 unspecified atom stereocenters. The smallest absolute Gasteiger partial charge is 0.228 e. The lowest BCUT2D eigenvalue weighted by Gasteiger charge is -2.31. The normalized spacial score (nSPS) is 18.7. The van der Waals surface area contributed by atoms with Gasteiger partial charge in [0.25, 0.3) is 0 Å². The summed E-state index contributed by atoms with van der Waals surface area (Å²) in [6, 6.07) is 12.5. The van der Waals surface area contributed by atoms with E-state index < -0.39 is 0 Å². The Bertz CT molecular complexity index is 628. The van der Waals surface area contributed by atoms with Crippen molar-refractivity contribution in [2.24, 2.45) is 0 Å². The molecule has 4 rings (SSSR count). The number of hydrogen-bond acceptors (Lipinski definition) is 5. The van der Waals surface area contributed by atoms with E-state index in [1.165, 1.54) is 19.3 Å². The van der Waals surface area contributed by atoms with Crippen molar-refractivity contribution in [3.05, 3.63) is 36.4 Å². The van der Waals surface area contributed by atoms with Gasteiger partial charge < -0.3 is 14.5 Å². The molecule has 2 aliphatic heterocycles. The number of piperidine rings is 1. The SMILES string of the molecule is c1ccc(-c2cc(N3CCCCC3)nc(N3CCOCC3)n2)cc1. The maximum absolute atomic E-state index is 5.48. The fourth-order valence-electron chi connectivity index (χ4n) is 3.37. The van der Waals surface area contributed by atoms with Gasteiger partial charge in [-0.1, -0.05) is 30.3 Å². The van der Waals surface area contributed by atoms with E-state index >= 15 is 0 Å². The number of morpholine rings is 1. The van der Waals surface area contributed by atoms with Crippen LogP contribution in [0.3, 0.4) is 0 Å². The van der Waals surface area contributed by atoms with Gasteiger partial charge >= 0.3 is 0 Å².